The van der Waals surface area contributed by atoms with Crippen molar-refractivity contribution in [2.45, 2.75) is 20.3 Å². The second-order valence-electron chi connectivity index (χ2n) is 3.47. The van der Waals surface area contributed by atoms with Crippen LogP contribution in [0.4, 0.5) is 5.82 Å². The molecule has 3 N–H and O–H groups in total. The van der Waals surface area contributed by atoms with Gasteiger partial charge in [0.25, 0.3) is 0 Å². The zero-order valence-electron chi connectivity index (χ0n) is 9.99. The van der Waals surface area contributed by atoms with Crippen LogP contribution in [0.5, 0.6) is 0 Å². The monoisotopic (exact) mass is 224 g/mol. The van der Waals surface area contributed by atoms with Gasteiger partial charge in [-0.2, -0.15) is 0 Å². The number of aryl methyl sites for hydroxylation is 2. The summed E-state index contributed by atoms with van der Waals surface area (Å²) in [6, 6.07) is 1.97. The summed E-state index contributed by atoms with van der Waals surface area (Å²) in [6.45, 7) is 6.52. The fourth-order valence-electron chi connectivity index (χ4n) is 1.34. The molecule has 0 bridgehead atoms. The Morgan fingerprint density at radius 1 is 1.38 bits per heavy atom. The molecule has 5 nitrogen and oxygen atoms in total. The second-order valence-corrected chi connectivity index (χ2v) is 3.47. The van der Waals surface area contributed by atoms with Gasteiger partial charge >= 0.3 is 0 Å². The van der Waals surface area contributed by atoms with E-state index < -0.39 is 0 Å². The van der Waals surface area contributed by atoms with Crippen molar-refractivity contribution in [3.05, 3.63) is 17.6 Å². The average molecular weight is 224 g/mol. The van der Waals surface area contributed by atoms with Gasteiger partial charge in [0.1, 0.15) is 11.6 Å². The summed E-state index contributed by atoms with van der Waals surface area (Å²) < 4.78 is 5.26. The SMILES string of the molecule is CCc1cc(NCCOCCN)nc(C)n1. The van der Waals surface area contributed by atoms with E-state index in [4.69, 9.17) is 10.5 Å². The molecule has 0 aliphatic rings. The molecule has 0 saturated carbocycles. The van der Waals surface area contributed by atoms with Crippen LogP contribution in [0, 0.1) is 6.92 Å². The maximum absolute atomic E-state index is 5.31. The number of nitrogens with two attached hydrogens (primary N) is 1. The summed E-state index contributed by atoms with van der Waals surface area (Å²) in [5.74, 6) is 1.66. The lowest BCUT2D eigenvalue weighted by atomic mass is 10.3. The van der Waals surface area contributed by atoms with Gasteiger partial charge in [-0.15, -0.1) is 0 Å². The molecule has 16 heavy (non-hydrogen) atoms. The lowest BCUT2D eigenvalue weighted by Crippen LogP contribution is -2.15. The first-order chi connectivity index (χ1) is 7.76. The molecular formula is C11H20N4O. The minimum Gasteiger partial charge on any atom is -0.378 e. The average Bonchev–Trinajstić information content (AvgIpc) is 2.28. The standard InChI is InChI=1S/C11H20N4O/c1-3-10-8-11(15-9(2)14-10)13-5-7-16-6-4-12/h8H,3-7,12H2,1-2H3,(H,13,14,15). The van der Waals surface area contributed by atoms with Crippen LogP contribution in [0.2, 0.25) is 0 Å². The number of anilines is 1. The Hall–Kier alpha value is -1.20. The molecule has 0 spiro atoms. The van der Waals surface area contributed by atoms with Gasteiger partial charge in [-0.3, -0.25) is 0 Å². The molecule has 0 atom stereocenters. The molecule has 0 saturated heterocycles. The largest absolute Gasteiger partial charge is 0.378 e. The van der Waals surface area contributed by atoms with Gasteiger partial charge in [0.15, 0.2) is 0 Å². The van der Waals surface area contributed by atoms with Crippen LogP contribution >= 0.6 is 0 Å². The normalized spacial score (nSPS) is 10.4. The van der Waals surface area contributed by atoms with Crippen molar-refractivity contribution in [2.75, 3.05) is 31.6 Å². The van der Waals surface area contributed by atoms with E-state index in [2.05, 4.69) is 22.2 Å². The van der Waals surface area contributed by atoms with Crippen molar-refractivity contribution in [1.29, 1.82) is 0 Å². The highest BCUT2D eigenvalue weighted by Crippen LogP contribution is 2.06. The van der Waals surface area contributed by atoms with Crippen LogP contribution in [0.1, 0.15) is 18.4 Å². The molecule has 1 aromatic heterocycles. The third-order valence-electron chi connectivity index (χ3n) is 2.07. The maximum Gasteiger partial charge on any atom is 0.130 e. The van der Waals surface area contributed by atoms with Crippen molar-refractivity contribution >= 4 is 5.82 Å². The van der Waals surface area contributed by atoms with Gasteiger partial charge in [-0.1, -0.05) is 6.92 Å². The lowest BCUT2D eigenvalue weighted by molar-refractivity contribution is 0.151. The van der Waals surface area contributed by atoms with Gasteiger partial charge < -0.3 is 15.8 Å². The van der Waals surface area contributed by atoms with Gasteiger partial charge in [-0.25, -0.2) is 9.97 Å². The van der Waals surface area contributed by atoms with E-state index in [0.717, 1.165) is 30.3 Å². The number of nitrogens with zero attached hydrogens (tertiary/aromatic N) is 2. The molecule has 1 aromatic rings. The van der Waals surface area contributed by atoms with Crippen LogP contribution in [-0.2, 0) is 11.2 Å². The van der Waals surface area contributed by atoms with E-state index >= 15 is 0 Å². The Morgan fingerprint density at radius 2 is 2.19 bits per heavy atom. The third kappa shape index (κ3) is 4.55. The molecule has 0 amide bonds. The molecule has 1 rings (SSSR count). The van der Waals surface area contributed by atoms with Gasteiger partial charge in [0.2, 0.25) is 0 Å². The highest BCUT2D eigenvalue weighted by Gasteiger charge is 1.99. The van der Waals surface area contributed by atoms with Crippen LogP contribution < -0.4 is 11.1 Å². The number of hydrogen-bond acceptors (Lipinski definition) is 5. The van der Waals surface area contributed by atoms with Crippen LogP contribution in [0.25, 0.3) is 0 Å². The molecular weight excluding hydrogens is 204 g/mol. The van der Waals surface area contributed by atoms with Crippen molar-refractivity contribution in [2.24, 2.45) is 5.73 Å². The number of ether oxygens (including phenoxy) is 1. The zero-order chi connectivity index (χ0) is 11.8. The molecule has 90 valence electrons. The van der Waals surface area contributed by atoms with Gasteiger partial charge in [-0.05, 0) is 13.3 Å². The van der Waals surface area contributed by atoms with Gasteiger partial charge in [0.05, 0.1) is 13.2 Å². The molecule has 1 heterocycles. The Labute approximate surface area is 96.4 Å². The van der Waals surface area contributed by atoms with Crippen LogP contribution in [0.15, 0.2) is 6.07 Å². The minimum absolute atomic E-state index is 0.562. The van der Waals surface area contributed by atoms with Crippen LogP contribution in [-0.4, -0.2) is 36.3 Å². The maximum atomic E-state index is 5.31. The molecule has 0 radical (unpaired) electrons. The first-order valence-electron chi connectivity index (χ1n) is 5.62. The third-order valence-corrected chi connectivity index (χ3v) is 2.07. The summed E-state index contributed by atoms with van der Waals surface area (Å²) in [4.78, 5) is 8.61. The summed E-state index contributed by atoms with van der Waals surface area (Å²) in [6.07, 6.45) is 0.918. The van der Waals surface area contributed by atoms with Crippen LogP contribution in [0.3, 0.4) is 0 Å². The number of aromatic nitrogens is 2. The van der Waals surface area contributed by atoms with Gasteiger partial charge in [0, 0.05) is 24.8 Å². The molecule has 0 unspecified atom stereocenters. The van der Waals surface area contributed by atoms with E-state index in [1.807, 2.05) is 13.0 Å². The fraction of sp³-hybridized carbons (Fsp3) is 0.636. The number of rotatable bonds is 7. The molecule has 0 aliphatic heterocycles. The molecule has 0 aromatic carbocycles. The number of hydrogen-bond donors (Lipinski definition) is 2. The van der Waals surface area contributed by atoms with Crippen molar-refractivity contribution in [3.8, 4) is 0 Å². The van der Waals surface area contributed by atoms with E-state index in [1.54, 1.807) is 0 Å². The Kier molecular flexibility index (Phi) is 5.74. The Balaban J connectivity index is 2.38. The smallest absolute Gasteiger partial charge is 0.130 e. The zero-order valence-corrected chi connectivity index (χ0v) is 9.99. The van der Waals surface area contributed by atoms with E-state index in [9.17, 15) is 0 Å². The topological polar surface area (TPSA) is 73.1 Å². The Bertz CT molecular complexity index is 317. The van der Waals surface area contributed by atoms with E-state index in [1.165, 1.54) is 0 Å². The Morgan fingerprint density at radius 3 is 2.88 bits per heavy atom. The minimum atomic E-state index is 0.562. The molecule has 5 heteroatoms. The summed E-state index contributed by atoms with van der Waals surface area (Å²) >= 11 is 0. The van der Waals surface area contributed by atoms with Crippen molar-refractivity contribution in [3.63, 3.8) is 0 Å². The number of nitrogens with one attached hydrogen (secondary N) is 1. The summed E-state index contributed by atoms with van der Waals surface area (Å²) in [5, 5.41) is 3.20. The summed E-state index contributed by atoms with van der Waals surface area (Å²) in [5.41, 5.74) is 6.37. The van der Waals surface area contributed by atoms with Crippen molar-refractivity contribution < 1.29 is 4.74 Å². The lowest BCUT2D eigenvalue weighted by Gasteiger charge is -2.08. The van der Waals surface area contributed by atoms with Crippen molar-refractivity contribution in [1.82, 2.24) is 9.97 Å². The molecule has 0 fully saturated rings. The quantitative estimate of drug-likeness (QED) is 0.668. The molecule has 0 aliphatic carbocycles. The van der Waals surface area contributed by atoms with E-state index in [-0.39, 0.29) is 0 Å². The highest BCUT2D eigenvalue weighted by molar-refractivity contribution is 5.35. The predicted molar refractivity (Wildman–Crippen MR) is 64.5 cm³/mol. The first kappa shape index (κ1) is 12.9. The highest BCUT2D eigenvalue weighted by atomic mass is 16.5. The first-order valence-corrected chi connectivity index (χ1v) is 5.62. The predicted octanol–water partition coefficient (Wildman–Crippen LogP) is 0.735. The second kappa shape index (κ2) is 7.14. The van der Waals surface area contributed by atoms with E-state index in [0.29, 0.717) is 19.8 Å². The summed E-state index contributed by atoms with van der Waals surface area (Å²) in [7, 11) is 0. The fourth-order valence-corrected chi connectivity index (χ4v) is 1.34.